The summed E-state index contributed by atoms with van der Waals surface area (Å²) in [6.07, 6.45) is -5.96. The summed E-state index contributed by atoms with van der Waals surface area (Å²) in [6.45, 7) is 1.67. The maximum absolute atomic E-state index is 11.4. The Bertz CT molecular complexity index is 135. The third-order valence-corrected chi connectivity index (χ3v) is 0.918. The molecule has 12 heavy (non-hydrogen) atoms. The highest BCUT2D eigenvalue weighted by Gasteiger charge is 2.28. The van der Waals surface area contributed by atoms with E-state index >= 15 is 0 Å². The fourth-order valence-electron chi connectivity index (χ4n) is 0.477. The molecular weight excluding hydrogens is 197 g/mol. The minimum Gasteiger partial charge on any atom is -0.466 e. The molecule has 0 aliphatic carbocycles. The summed E-state index contributed by atoms with van der Waals surface area (Å²) in [7, 11) is 0. The van der Waals surface area contributed by atoms with Crippen molar-refractivity contribution in [3.05, 3.63) is 0 Å². The van der Waals surface area contributed by atoms with Crippen LogP contribution in [0.25, 0.3) is 0 Å². The molecule has 0 aliphatic rings. The number of alkyl halides is 3. The van der Waals surface area contributed by atoms with Crippen molar-refractivity contribution in [2.24, 2.45) is 0 Å². The number of hydrogen-bond donors (Lipinski definition) is 0. The topological polar surface area (TPSA) is 26.3 Å². The van der Waals surface area contributed by atoms with Crippen molar-refractivity contribution in [3.8, 4) is 0 Å². The summed E-state index contributed by atoms with van der Waals surface area (Å²) in [6, 6.07) is 0. The molecular formula is C6H10ClF3O2. The number of halogens is 4. The molecule has 74 valence electrons. The van der Waals surface area contributed by atoms with Gasteiger partial charge in [-0.15, -0.1) is 12.4 Å². The molecule has 0 saturated heterocycles. The van der Waals surface area contributed by atoms with E-state index in [0.717, 1.165) is 0 Å². The van der Waals surface area contributed by atoms with Crippen molar-refractivity contribution < 1.29 is 22.7 Å². The predicted octanol–water partition coefficient (Wildman–Crippen LogP) is 2.31. The summed E-state index contributed by atoms with van der Waals surface area (Å²) in [5.41, 5.74) is 0. The lowest BCUT2D eigenvalue weighted by Crippen LogP contribution is -2.12. The Morgan fingerprint density at radius 1 is 1.42 bits per heavy atom. The SMILES string of the molecule is CCOC(=O)CCC(F)(F)F.Cl. The zero-order valence-electron chi connectivity index (χ0n) is 6.48. The van der Waals surface area contributed by atoms with Crippen LogP contribution in [0, 0.1) is 0 Å². The van der Waals surface area contributed by atoms with Crippen LogP contribution in [0.15, 0.2) is 0 Å². The Morgan fingerprint density at radius 3 is 2.25 bits per heavy atom. The van der Waals surface area contributed by atoms with Crippen LogP contribution in [0.2, 0.25) is 0 Å². The van der Waals surface area contributed by atoms with E-state index < -0.39 is 25.0 Å². The lowest BCUT2D eigenvalue weighted by atomic mass is 10.3. The van der Waals surface area contributed by atoms with Crippen LogP contribution in [-0.2, 0) is 9.53 Å². The molecule has 0 bridgehead atoms. The van der Waals surface area contributed by atoms with Gasteiger partial charge in [0.15, 0.2) is 0 Å². The zero-order chi connectivity index (χ0) is 8.91. The highest BCUT2D eigenvalue weighted by molar-refractivity contribution is 5.85. The third-order valence-electron chi connectivity index (χ3n) is 0.918. The highest BCUT2D eigenvalue weighted by atomic mass is 35.5. The number of esters is 1. The van der Waals surface area contributed by atoms with Gasteiger partial charge in [-0.25, -0.2) is 0 Å². The molecule has 0 amide bonds. The molecule has 0 N–H and O–H groups in total. The normalized spacial score (nSPS) is 10.3. The van der Waals surface area contributed by atoms with Crippen LogP contribution in [0.5, 0.6) is 0 Å². The van der Waals surface area contributed by atoms with Gasteiger partial charge in [-0.3, -0.25) is 4.79 Å². The molecule has 6 heteroatoms. The summed E-state index contributed by atoms with van der Waals surface area (Å²) in [5.74, 6) is -0.801. The molecule has 0 rings (SSSR count). The Kier molecular flexibility index (Phi) is 7.18. The van der Waals surface area contributed by atoms with Gasteiger partial charge in [0.2, 0.25) is 0 Å². The van der Waals surface area contributed by atoms with Crippen molar-refractivity contribution in [2.75, 3.05) is 6.61 Å². The number of carbonyl (C=O) groups excluding carboxylic acids is 1. The van der Waals surface area contributed by atoms with Crippen LogP contribution < -0.4 is 0 Å². The molecule has 0 saturated carbocycles. The van der Waals surface area contributed by atoms with Gasteiger partial charge >= 0.3 is 12.1 Å². The van der Waals surface area contributed by atoms with Gasteiger partial charge in [0.1, 0.15) is 0 Å². The van der Waals surface area contributed by atoms with E-state index in [-0.39, 0.29) is 19.0 Å². The summed E-state index contributed by atoms with van der Waals surface area (Å²) in [4.78, 5) is 10.4. The second kappa shape index (κ2) is 6.11. The van der Waals surface area contributed by atoms with Gasteiger partial charge in [-0.1, -0.05) is 0 Å². The Labute approximate surface area is 74.5 Å². The van der Waals surface area contributed by atoms with E-state index in [1.165, 1.54) is 0 Å². The first-order valence-corrected chi connectivity index (χ1v) is 3.18. The summed E-state index contributed by atoms with van der Waals surface area (Å²) < 4.78 is 38.6. The molecule has 0 radical (unpaired) electrons. The molecule has 2 nitrogen and oxygen atoms in total. The standard InChI is InChI=1S/C6H9F3O2.ClH/c1-2-11-5(10)3-4-6(7,8)9;/h2-4H2,1H3;1H. The Balaban J connectivity index is 0. The molecule has 0 aromatic carbocycles. The lowest BCUT2D eigenvalue weighted by Gasteiger charge is -2.04. The maximum atomic E-state index is 11.4. The number of hydrogen-bond acceptors (Lipinski definition) is 2. The zero-order valence-corrected chi connectivity index (χ0v) is 7.30. The fourth-order valence-corrected chi connectivity index (χ4v) is 0.477. The van der Waals surface area contributed by atoms with Crippen molar-refractivity contribution in [2.45, 2.75) is 25.9 Å². The average molecular weight is 207 g/mol. The fraction of sp³-hybridized carbons (Fsp3) is 0.833. The molecule has 0 aliphatic heterocycles. The first-order valence-electron chi connectivity index (χ1n) is 3.18. The minimum atomic E-state index is -4.27. The second-order valence-corrected chi connectivity index (χ2v) is 1.92. The van der Waals surface area contributed by atoms with Crippen LogP contribution in [-0.4, -0.2) is 18.8 Å². The van der Waals surface area contributed by atoms with Crippen LogP contribution in [0.1, 0.15) is 19.8 Å². The van der Waals surface area contributed by atoms with E-state index in [1.807, 2.05) is 0 Å². The predicted molar refractivity (Wildman–Crippen MR) is 39.2 cm³/mol. The Hall–Kier alpha value is -0.450. The van der Waals surface area contributed by atoms with Crippen molar-refractivity contribution >= 4 is 18.4 Å². The molecule has 0 aromatic rings. The van der Waals surface area contributed by atoms with Gasteiger partial charge in [0, 0.05) is 0 Å². The molecule has 0 heterocycles. The van der Waals surface area contributed by atoms with E-state index in [1.54, 1.807) is 6.92 Å². The van der Waals surface area contributed by atoms with Crippen LogP contribution in [0.3, 0.4) is 0 Å². The van der Waals surface area contributed by atoms with Gasteiger partial charge in [0.25, 0.3) is 0 Å². The minimum absolute atomic E-state index is 0. The lowest BCUT2D eigenvalue weighted by molar-refractivity contribution is -0.156. The summed E-state index contributed by atoms with van der Waals surface area (Å²) >= 11 is 0. The Morgan fingerprint density at radius 2 is 1.92 bits per heavy atom. The van der Waals surface area contributed by atoms with Crippen molar-refractivity contribution in [1.29, 1.82) is 0 Å². The monoisotopic (exact) mass is 206 g/mol. The quantitative estimate of drug-likeness (QED) is 0.663. The second-order valence-electron chi connectivity index (χ2n) is 1.92. The van der Waals surface area contributed by atoms with Gasteiger partial charge in [0.05, 0.1) is 19.4 Å². The number of rotatable bonds is 3. The largest absolute Gasteiger partial charge is 0.466 e. The molecule has 0 spiro atoms. The van der Waals surface area contributed by atoms with E-state index in [2.05, 4.69) is 4.74 Å². The smallest absolute Gasteiger partial charge is 0.389 e. The van der Waals surface area contributed by atoms with Gasteiger partial charge in [-0.2, -0.15) is 13.2 Å². The van der Waals surface area contributed by atoms with Crippen molar-refractivity contribution in [3.63, 3.8) is 0 Å². The van der Waals surface area contributed by atoms with Crippen LogP contribution >= 0.6 is 12.4 Å². The molecule has 0 atom stereocenters. The summed E-state index contributed by atoms with van der Waals surface area (Å²) in [5, 5.41) is 0. The number of carbonyl (C=O) groups is 1. The van der Waals surface area contributed by atoms with Gasteiger partial charge in [-0.05, 0) is 6.92 Å². The third kappa shape index (κ3) is 9.55. The molecule has 0 unspecified atom stereocenters. The maximum Gasteiger partial charge on any atom is 0.389 e. The highest BCUT2D eigenvalue weighted by Crippen LogP contribution is 2.21. The molecule has 0 fully saturated rings. The van der Waals surface area contributed by atoms with E-state index in [9.17, 15) is 18.0 Å². The van der Waals surface area contributed by atoms with Crippen molar-refractivity contribution in [1.82, 2.24) is 0 Å². The average Bonchev–Trinajstić information content (AvgIpc) is 1.83. The van der Waals surface area contributed by atoms with Gasteiger partial charge < -0.3 is 4.74 Å². The first-order chi connectivity index (χ1) is 4.95. The van der Waals surface area contributed by atoms with E-state index in [4.69, 9.17) is 0 Å². The van der Waals surface area contributed by atoms with Crippen LogP contribution in [0.4, 0.5) is 13.2 Å². The first kappa shape index (κ1) is 14.1. The number of ether oxygens (including phenoxy) is 1. The molecule has 0 aromatic heterocycles. The van der Waals surface area contributed by atoms with E-state index in [0.29, 0.717) is 0 Å².